The van der Waals surface area contributed by atoms with Crippen LogP contribution in [0.1, 0.15) is 56.1 Å². The molecule has 37 heavy (non-hydrogen) atoms. The van der Waals surface area contributed by atoms with Crippen LogP contribution in [0.15, 0.2) is 41.4 Å². The number of hydrogen-bond acceptors (Lipinski definition) is 4. The third kappa shape index (κ3) is 13.5. The molecule has 0 aliphatic heterocycles. The van der Waals surface area contributed by atoms with Crippen molar-refractivity contribution in [2.24, 2.45) is 22.4 Å². The standard InChI is InChI=1S/C9H9F2N3O.C9H12FNO.C9H16O/c10-6-2-1-5(3-7(6)11)4-8(15)14-9(12)13;1-11-6-7-3-4-8(10)9(5-7)12-2;10-8-4-7-9-5-2-1-3-6-9/h1-3H,4H2,(H4,12,13,14,15);3-5,11H,6H2,1-2H3;8-9H,1-7H2. The average Bonchev–Trinajstić information content (AvgIpc) is 2.87. The van der Waals surface area contributed by atoms with Crippen LogP contribution in [-0.4, -0.2) is 32.3 Å². The Kier molecular flexibility index (Phi) is 15.3. The van der Waals surface area contributed by atoms with Gasteiger partial charge in [0.15, 0.2) is 29.2 Å². The highest BCUT2D eigenvalue weighted by molar-refractivity contribution is 5.92. The number of nitrogens with two attached hydrogens (primary N) is 2. The molecule has 0 atom stereocenters. The SMILES string of the molecule is CNCc1ccc(F)c(OC)c1.NC(N)=NC(=O)Cc1ccc(F)c(F)c1.O=CCCC1CCCCC1. The Morgan fingerprint density at radius 2 is 1.68 bits per heavy atom. The number of amides is 1. The molecule has 1 fully saturated rings. The van der Waals surface area contributed by atoms with Crippen molar-refractivity contribution >= 4 is 18.2 Å². The second-order valence-corrected chi connectivity index (χ2v) is 8.60. The zero-order chi connectivity index (χ0) is 27.6. The minimum atomic E-state index is -1.01. The lowest BCUT2D eigenvalue weighted by molar-refractivity contribution is -0.117. The summed E-state index contributed by atoms with van der Waals surface area (Å²) in [6.45, 7) is 0.719. The zero-order valence-electron chi connectivity index (χ0n) is 21.4. The first-order valence-electron chi connectivity index (χ1n) is 12.2. The molecule has 0 spiro atoms. The topological polar surface area (TPSA) is 120 Å². The maximum atomic E-state index is 12.9. The second kappa shape index (κ2) is 17.9. The molecule has 1 saturated carbocycles. The first-order valence-corrected chi connectivity index (χ1v) is 12.2. The Bertz CT molecular complexity index is 1010. The smallest absolute Gasteiger partial charge is 0.253 e. The molecule has 2 aromatic carbocycles. The van der Waals surface area contributed by atoms with Crippen LogP contribution in [0.4, 0.5) is 13.2 Å². The summed E-state index contributed by atoms with van der Waals surface area (Å²) in [5.41, 5.74) is 11.3. The molecule has 7 nitrogen and oxygen atoms in total. The van der Waals surface area contributed by atoms with Crippen LogP contribution in [0.25, 0.3) is 0 Å². The molecule has 1 aliphatic rings. The number of aldehydes is 1. The lowest BCUT2D eigenvalue weighted by Crippen LogP contribution is -2.24. The normalized spacial score (nSPS) is 12.8. The van der Waals surface area contributed by atoms with E-state index in [0.29, 0.717) is 11.3 Å². The first kappa shape index (κ1) is 31.6. The van der Waals surface area contributed by atoms with Gasteiger partial charge in [-0.1, -0.05) is 44.2 Å². The number of carbonyl (C=O) groups excluding carboxylic acids is 2. The monoisotopic (exact) mass is 522 g/mol. The first-order chi connectivity index (χ1) is 17.7. The average molecular weight is 523 g/mol. The van der Waals surface area contributed by atoms with Gasteiger partial charge in [-0.15, -0.1) is 0 Å². The van der Waals surface area contributed by atoms with E-state index in [1.807, 2.05) is 7.05 Å². The number of hydrogen-bond donors (Lipinski definition) is 3. The lowest BCUT2D eigenvalue weighted by Gasteiger charge is -2.19. The summed E-state index contributed by atoms with van der Waals surface area (Å²) in [6.07, 6.45) is 9.74. The van der Waals surface area contributed by atoms with E-state index in [2.05, 4.69) is 10.3 Å². The zero-order valence-corrected chi connectivity index (χ0v) is 21.4. The highest BCUT2D eigenvalue weighted by atomic mass is 19.2. The molecule has 0 heterocycles. The van der Waals surface area contributed by atoms with E-state index in [-0.39, 0.29) is 18.2 Å². The Morgan fingerprint density at radius 3 is 2.24 bits per heavy atom. The highest BCUT2D eigenvalue weighted by Gasteiger charge is 2.12. The van der Waals surface area contributed by atoms with Gasteiger partial charge in [0.1, 0.15) is 6.29 Å². The molecule has 204 valence electrons. The molecule has 0 bridgehead atoms. The van der Waals surface area contributed by atoms with Gasteiger partial charge in [-0.05, 0) is 54.8 Å². The second-order valence-electron chi connectivity index (χ2n) is 8.60. The van der Waals surface area contributed by atoms with E-state index in [1.54, 1.807) is 12.1 Å². The molecule has 1 amide bonds. The summed E-state index contributed by atoms with van der Waals surface area (Å²) in [5, 5.41) is 2.98. The quantitative estimate of drug-likeness (QED) is 0.268. The Labute approximate surface area is 216 Å². The predicted octanol–water partition coefficient (Wildman–Crippen LogP) is 4.41. The van der Waals surface area contributed by atoms with Crippen molar-refractivity contribution in [1.82, 2.24) is 5.32 Å². The number of methoxy groups -OCH3 is 1. The summed E-state index contributed by atoms with van der Waals surface area (Å²) in [7, 11) is 3.30. The number of benzene rings is 2. The molecule has 3 rings (SSSR count). The van der Waals surface area contributed by atoms with Crippen molar-refractivity contribution in [3.8, 4) is 5.75 Å². The largest absolute Gasteiger partial charge is 0.494 e. The van der Waals surface area contributed by atoms with E-state index in [9.17, 15) is 22.8 Å². The fraction of sp³-hybridized carbons (Fsp3) is 0.444. The third-order valence-electron chi connectivity index (χ3n) is 5.61. The fourth-order valence-electron chi connectivity index (χ4n) is 3.81. The van der Waals surface area contributed by atoms with Crippen LogP contribution in [0.2, 0.25) is 0 Å². The molecule has 0 radical (unpaired) electrons. The maximum absolute atomic E-state index is 12.9. The van der Waals surface area contributed by atoms with Crippen molar-refractivity contribution in [2.45, 2.75) is 57.9 Å². The van der Waals surface area contributed by atoms with Crippen LogP contribution in [-0.2, 0) is 22.6 Å². The van der Waals surface area contributed by atoms with Gasteiger partial charge in [0.25, 0.3) is 5.91 Å². The van der Waals surface area contributed by atoms with Crippen LogP contribution in [0, 0.1) is 23.4 Å². The fourth-order valence-corrected chi connectivity index (χ4v) is 3.81. The predicted molar refractivity (Wildman–Crippen MR) is 138 cm³/mol. The minimum absolute atomic E-state index is 0.172. The summed E-state index contributed by atoms with van der Waals surface area (Å²) in [4.78, 5) is 24.3. The van der Waals surface area contributed by atoms with Crippen molar-refractivity contribution in [1.29, 1.82) is 0 Å². The summed E-state index contributed by atoms with van der Waals surface area (Å²) in [6, 6.07) is 7.98. The molecular weight excluding hydrogens is 485 g/mol. The van der Waals surface area contributed by atoms with Crippen molar-refractivity contribution in [2.75, 3.05) is 14.2 Å². The molecule has 5 N–H and O–H groups in total. The van der Waals surface area contributed by atoms with Gasteiger partial charge in [-0.25, -0.2) is 13.2 Å². The van der Waals surface area contributed by atoms with Crippen LogP contribution in [0.5, 0.6) is 5.75 Å². The number of ether oxygens (including phenoxy) is 1. The molecule has 2 aromatic rings. The van der Waals surface area contributed by atoms with Gasteiger partial charge >= 0.3 is 0 Å². The minimum Gasteiger partial charge on any atom is -0.494 e. The number of guanidine groups is 1. The van der Waals surface area contributed by atoms with E-state index >= 15 is 0 Å². The van der Waals surface area contributed by atoms with Gasteiger partial charge in [-0.2, -0.15) is 4.99 Å². The summed E-state index contributed by atoms with van der Waals surface area (Å²) >= 11 is 0. The molecular formula is C27H37F3N4O3. The van der Waals surface area contributed by atoms with E-state index in [0.717, 1.165) is 49.3 Å². The number of nitrogens with zero attached hydrogens (tertiary/aromatic N) is 1. The van der Waals surface area contributed by atoms with Crippen molar-refractivity contribution in [3.05, 3.63) is 65.0 Å². The number of rotatable bonds is 8. The van der Waals surface area contributed by atoms with Crippen LogP contribution in [0.3, 0.4) is 0 Å². The van der Waals surface area contributed by atoms with Gasteiger partial charge in [-0.3, -0.25) is 4.79 Å². The van der Waals surface area contributed by atoms with Crippen molar-refractivity contribution < 1.29 is 27.5 Å². The Balaban J connectivity index is 0.000000283. The van der Waals surface area contributed by atoms with Crippen LogP contribution < -0.4 is 21.5 Å². The number of carbonyl (C=O) groups is 2. The van der Waals surface area contributed by atoms with Gasteiger partial charge in [0.05, 0.1) is 13.5 Å². The van der Waals surface area contributed by atoms with Crippen molar-refractivity contribution in [3.63, 3.8) is 0 Å². The van der Waals surface area contributed by atoms with E-state index in [4.69, 9.17) is 16.2 Å². The molecule has 0 aromatic heterocycles. The van der Waals surface area contributed by atoms with Gasteiger partial charge in [0.2, 0.25) is 0 Å². The molecule has 1 aliphatic carbocycles. The molecule has 10 heteroatoms. The van der Waals surface area contributed by atoms with E-state index in [1.165, 1.54) is 51.3 Å². The third-order valence-corrected chi connectivity index (χ3v) is 5.61. The highest BCUT2D eigenvalue weighted by Crippen LogP contribution is 2.26. The number of halogens is 3. The Morgan fingerprint density at radius 1 is 1.03 bits per heavy atom. The van der Waals surface area contributed by atoms with E-state index < -0.39 is 17.5 Å². The maximum Gasteiger partial charge on any atom is 0.253 e. The van der Waals surface area contributed by atoms with Gasteiger partial charge in [0, 0.05) is 13.0 Å². The summed E-state index contributed by atoms with van der Waals surface area (Å²) in [5.74, 6) is -2.10. The van der Waals surface area contributed by atoms with Gasteiger partial charge < -0.3 is 26.3 Å². The van der Waals surface area contributed by atoms with Crippen LogP contribution >= 0.6 is 0 Å². The molecule has 0 unspecified atom stereocenters. The number of nitrogens with one attached hydrogen (secondary N) is 1. The molecule has 0 saturated heterocycles. The number of aliphatic imine (C=N–C) groups is 1. The Hall–Kier alpha value is -3.40. The lowest BCUT2D eigenvalue weighted by atomic mass is 9.86. The summed E-state index contributed by atoms with van der Waals surface area (Å²) < 4.78 is 42.9.